The van der Waals surface area contributed by atoms with Crippen molar-refractivity contribution in [2.75, 3.05) is 10.6 Å². The van der Waals surface area contributed by atoms with E-state index in [1.807, 2.05) is 38.1 Å². The molecule has 0 fully saturated rings. The van der Waals surface area contributed by atoms with E-state index in [1.165, 1.54) is 6.07 Å². The third-order valence-corrected chi connectivity index (χ3v) is 3.69. The van der Waals surface area contributed by atoms with Crippen molar-refractivity contribution in [1.82, 2.24) is 0 Å². The van der Waals surface area contributed by atoms with E-state index in [9.17, 15) is 9.59 Å². The van der Waals surface area contributed by atoms with Gasteiger partial charge in [0.25, 0.3) is 0 Å². The predicted molar refractivity (Wildman–Crippen MR) is 93.6 cm³/mol. The van der Waals surface area contributed by atoms with Gasteiger partial charge >= 0.3 is 11.8 Å². The first kappa shape index (κ1) is 17.2. The van der Waals surface area contributed by atoms with E-state index in [0.717, 1.165) is 24.0 Å². The van der Waals surface area contributed by atoms with Crippen LogP contribution in [0.4, 0.5) is 11.4 Å². The van der Waals surface area contributed by atoms with Gasteiger partial charge in [0, 0.05) is 11.4 Å². The van der Waals surface area contributed by atoms with Crippen LogP contribution in [-0.4, -0.2) is 11.8 Å². The van der Waals surface area contributed by atoms with Gasteiger partial charge < -0.3 is 10.6 Å². The number of nitrogens with one attached hydrogen (secondary N) is 2. The molecule has 2 aromatic rings. The summed E-state index contributed by atoms with van der Waals surface area (Å²) < 4.78 is 0. The highest BCUT2D eigenvalue weighted by atomic mass is 16.2. The van der Waals surface area contributed by atoms with Gasteiger partial charge in [-0.3, -0.25) is 9.59 Å². The molecule has 0 aliphatic rings. The quantitative estimate of drug-likeness (QED) is 0.848. The van der Waals surface area contributed by atoms with Crippen LogP contribution in [0, 0.1) is 11.3 Å². The number of nitrogens with zero attached hydrogens (tertiary/aromatic N) is 1. The maximum Gasteiger partial charge on any atom is 0.314 e. The molecule has 0 heterocycles. The molecular weight excluding hydrogens is 302 g/mol. The van der Waals surface area contributed by atoms with Crippen LogP contribution >= 0.6 is 0 Å². The second-order valence-electron chi connectivity index (χ2n) is 5.26. The maximum atomic E-state index is 12.2. The molecule has 0 atom stereocenters. The van der Waals surface area contributed by atoms with E-state index in [0.29, 0.717) is 16.9 Å². The summed E-state index contributed by atoms with van der Waals surface area (Å²) in [5.41, 5.74) is 3.50. The van der Waals surface area contributed by atoms with Crippen LogP contribution < -0.4 is 10.6 Å². The second-order valence-corrected chi connectivity index (χ2v) is 5.26. The first-order valence-corrected chi connectivity index (χ1v) is 7.82. The Morgan fingerprint density at radius 1 is 0.958 bits per heavy atom. The summed E-state index contributed by atoms with van der Waals surface area (Å²) >= 11 is 0. The summed E-state index contributed by atoms with van der Waals surface area (Å²) in [7, 11) is 0. The molecule has 5 heteroatoms. The van der Waals surface area contributed by atoms with Gasteiger partial charge in [0.2, 0.25) is 0 Å². The lowest BCUT2D eigenvalue weighted by molar-refractivity contribution is -0.133. The standard InChI is InChI=1S/C19H19N3O2/c1-3-14-8-6-9-15(4-2)17(14)22-19(24)18(23)21-16-10-5-7-13(11-16)12-20/h5-11H,3-4H2,1-2H3,(H,21,23)(H,22,24). The minimum Gasteiger partial charge on any atom is -0.318 e. The van der Waals surface area contributed by atoms with E-state index in [4.69, 9.17) is 5.26 Å². The minimum atomic E-state index is -0.766. The van der Waals surface area contributed by atoms with Crippen molar-refractivity contribution >= 4 is 23.2 Å². The molecule has 0 aliphatic carbocycles. The Balaban J connectivity index is 2.15. The fourth-order valence-electron chi connectivity index (χ4n) is 2.43. The van der Waals surface area contributed by atoms with Crippen molar-refractivity contribution in [3.8, 4) is 6.07 Å². The van der Waals surface area contributed by atoms with E-state index >= 15 is 0 Å². The normalized spacial score (nSPS) is 9.88. The average Bonchev–Trinajstić information content (AvgIpc) is 2.61. The van der Waals surface area contributed by atoms with Crippen LogP contribution in [0.1, 0.15) is 30.5 Å². The van der Waals surface area contributed by atoms with Crippen LogP contribution in [-0.2, 0) is 22.4 Å². The maximum absolute atomic E-state index is 12.2. The second kappa shape index (κ2) is 7.93. The van der Waals surface area contributed by atoms with Crippen molar-refractivity contribution < 1.29 is 9.59 Å². The molecule has 2 N–H and O–H groups in total. The molecule has 0 spiro atoms. The molecule has 24 heavy (non-hydrogen) atoms. The van der Waals surface area contributed by atoms with Crippen LogP contribution in [0.25, 0.3) is 0 Å². The van der Waals surface area contributed by atoms with E-state index < -0.39 is 11.8 Å². The molecule has 2 amide bonds. The van der Waals surface area contributed by atoms with Gasteiger partial charge in [-0.15, -0.1) is 0 Å². The topological polar surface area (TPSA) is 82.0 Å². The zero-order chi connectivity index (χ0) is 17.5. The first-order valence-electron chi connectivity index (χ1n) is 7.82. The Hall–Kier alpha value is -3.13. The number of hydrogen-bond acceptors (Lipinski definition) is 3. The molecular formula is C19H19N3O2. The number of nitriles is 1. The molecule has 0 saturated carbocycles. The van der Waals surface area contributed by atoms with Crippen LogP contribution in [0.5, 0.6) is 0 Å². The molecule has 0 saturated heterocycles. The summed E-state index contributed by atoms with van der Waals surface area (Å²) in [6.45, 7) is 4.00. The first-order chi connectivity index (χ1) is 11.6. The van der Waals surface area contributed by atoms with Crippen molar-refractivity contribution in [2.45, 2.75) is 26.7 Å². The molecule has 0 aliphatic heterocycles. The molecule has 0 radical (unpaired) electrons. The fraction of sp³-hybridized carbons (Fsp3) is 0.211. The van der Waals surface area contributed by atoms with E-state index in [2.05, 4.69) is 10.6 Å². The number of amides is 2. The SMILES string of the molecule is CCc1cccc(CC)c1NC(=O)C(=O)Nc1cccc(C#N)c1. The lowest BCUT2D eigenvalue weighted by Gasteiger charge is -2.14. The average molecular weight is 321 g/mol. The Morgan fingerprint density at radius 2 is 1.54 bits per heavy atom. The molecule has 2 aromatic carbocycles. The van der Waals surface area contributed by atoms with Gasteiger partial charge in [0.1, 0.15) is 0 Å². The Labute approximate surface area is 141 Å². The zero-order valence-electron chi connectivity index (χ0n) is 13.7. The predicted octanol–water partition coefficient (Wildman–Crippen LogP) is 3.26. The van der Waals surface area contributed by atoms with Gasteiger partial charge in [-0.2, -0.15) is 5.26 Å². The van der Waals surface area contributed by atoms with Gasteiger partial charge in [-0.05, 0) is 42.2 Å². The lowest BCUT2D eigenvalue weighted by atomic mass is 10.0. The highest BCUT2D eigenvalue weighted by Crippen LogP contribution is 2.22. The highest BCUT2D eigenvalue weighted by molar-refractivity contribution is 6.43. The third kappa shape index (κ3) is 3.99. The van der Waals surface area contributed by atoms with Gasteiger partial charge in [0.05, 0.1) is 11.6 Å². The molecule has 0 bridgehead atoms. The molecule has 2 rings (SSSR count). The van der Waals surface area contributed by atoms with Crippen molar-refractivity contribution in [3.63, 3.8) is 0 Å². The van der Waals surface area contributed by atoms with Crippen molar-refractivity contribution in [2.24, 2.45) is 0 Å². The number of hydrogen-bond donors (Lipinski definition) is 2. The lowest BCUT2D eigenvalue weighted by Crippen LogP contribution is -2.29. The summed E-state index contributed by atoms with van der Waals surface area (Å²) in [4.78, 5) is 24.3. The number of benzene rings is 2. The number of para-hydroxylation sites is 1. The van der Waals surface area contributed by atoms with Crippen molar-refractivity contribution in [3.05, 3.63) is 59.2 Å². The van der Waals surface area contributed by atoms with Gasteiger partial charge in [-0.25, -0.2) is 0 Å². The fourth-order valence-corrected chi connectivity index (χ4v) is 2.43. The summed E-state index contributed by atoms with van der Waals surface area (Å²) in [5.74, 6) is -1.49. The van der Waals surface area contributed by atoms with Crippen LogP contribution in [0.2, 0.25) is 0 Å². The summed E-state index contributed by atoms with van der Waals surface area (Å²) in [6, 6.07) is 14.2. The Morgan fingerprint density at radius 3 is 2.12 bits per heavy atom. The zero-order valence-corrected chi connectivity index (χ0v) is 13.7. The summed E-state index contributed by atoms with van der Waals surface area (Å²) in [6.07, 6.45) is 1.52. The number of aryl methyl sites for hydroxylation is 2. The van der Waals surface area contributed by atoms with E-state index in [-0.39, 0.29) is 0 Å². The van der Waals surface area contributed by atoms with E-state index in [1.54, 1.807) is 18.2 Å². The summed E-state index contributed by atoms with van der Waals surface area (Å²) in [5, 5.41) is 14.1. The highest BCUT2D eigenvalue weighted by Gasteiger charge is 2.17. The van der Waals surface area contributed by atoms with Gasteiger partial charge in [-0.1, -0.05) is 38.1 Å². The number of carbonyl (C=O) groups excluding carboxylic acids is 2. The Bertz CT molecular complexity index is 784. The monoisotopic (exact) mass is 321 g/mol. The molecule has 5 nitrogen and oxygen atoms in total. The van der Waals surface area contributed by atoms with Gasteiger partial charge in [0.15, 0.2) is 0 Å². The number of carbonyl (C=O) groups is 2. The van der Waals surface area contributed by atoms with Crippen molar-refractivity contribution in [1.29, 1.82) is 5.26 Å². The minimum absolute atomic E-state index is 0.411. The molecule has 0 unspecified atom stereocenters. The van der Waals surface area contributed by atoms with Crippen LogP contribution in [0.3, 0.4) is 0 Å². The number of anilines is 2. The molecule has 122 valence electrons. The molecule has 0 aromatic heterocycles. The number of rotatable bonds is 4. The van der Waals surface area contributed by atoms with Crippen LogP contribution in [0.15, 0.2) is 42.5 Å². The smallest absolute Gasteiger partial charge is 0.314 e. The third-order valence-electron chi connectivity index (χ3n) is 3.69. The Kier molecular flexibility index (Phi) is 5.69. The largest absolute Gasteiger partial charge is 0.318 e.